The van der Waals surface area contributed by atoms with Crippen LogP contribution < -0.4 is 10.1 Å². The molecule has 1 aromatic heterocycles. The lowest BCUT2D eigenvalue weighted by Gasteiger charge is -2.28. The molecule has 0 unspecified atom stereocenters. The molecule has 0 atom stereocenters. The molecule has 1 aliphatic heterocycles. The van der Waals surface area contributed by atoms with Crippen LogP contribution in [0.4, 0.5) is 0 Å². The highest BCUT2D eigenvalue weighted by Crippen LogP contribution is 2.42. The largest absolute Gasteiger partial charge is 0.457 e. The van der Waals surface area contributed by atoms with E-state index >= 15 is 0 Å². The summed E-state index contributed by atoms with van der Waals surface area (Å²) in [6.45, 7) is 0. The third kappa shape index (κ3) is 2.42. The van der Waals surface area contributed by atoms with Gasteiger partial charge in [-0.15, -0.1) is 0 Å². The van der Waals surface area contributed by atoms with E-state index in [-0.39, 0.29) is 17.6 Å². The molecule has 0 fully saturated rings. The fourth-order valence-electron chi connectivity index (χ4n) is 2.69. The molecule has 0 saturated carbocycles. The van der Waals surface area contributed by atoms with Crippen LogP contribution in [0.5, 0.6) is 11.5 Å². The van der Waals surface area contributed by atoms with Gasteiger partial charge in [-0.25, -0.2) is 4.98 Å². The van der Waals surface area contributed by atoms with Crippen molar-refractivity contribution >= 4 is 5.91 Å². The Kier molecular flexibility index (Phi) is 3.24. The van der Waals surface area contributed by atoms with Crippen molar-refractivity contribution in [1.82, 2.24) is 15.3 Å². The SMILES string of the molecule is O=C(NC1c2ccccc2Oc2ccccc21)c1cnccn1. The van der Waals surface area contributed by atoms with Gasteiger partial charge in [0.15, 0.2) is 0 Å². The van der Waals surface area contributed by atoms with Crippen LogP contribution in [0.3, 0.4) is 0 Å². The third-order valence-electron chi connectivity index (χ3n) is 3.75. The lowest BCUT2D eigenvalue weighted by Crippen LogP contribution is -2.31. The molecule has 0 aliphatic carbocycles. The van der Waals surface area contributed by atoms with Crippen LogP contribution in [0.1, 0.15) is 27.7 Å². The maximum atomic E-state index is 12.5. The van der Waals surface area contributed by atoms with Gasteiger partial charge in [0.2, 0.25) is 0 Å². The first-order valence-electron chi connectivity index (χ1n) is 7.25. The maximum Gasteiger partial charge on any atom is 0.272 e. The molecule has 1 N–H and O–H groups in total. The Morgan fingerprint density at radius 2 is 1.61 bits per heavy atom. The van der Waals surface area contributed by atoms with Crippen LogP contribution >= 0.6 is 0 Å². The second-order valence-electron chi connectivity index (χ2n) is 5.17. The van der Waals surface area contributed by atoms with Crippen LogP contribution in [0, 0.1) is 0 Å². The Morgan fingerprint density at radius 1 is 0.957 bits per heavy atom. The minimum Gasteiger partial charge on any atom is -0.457 e. The average Bonchev–Trinajstić information content (AvgIpc) is 2.62. The van der Waals surface area contributed by atoms with Crippen LogP contribution in [0.25, 0.3) is 0 Å². The number of nitrogens with zero attached hydrogens (tertiary/aromatic N) is 2. The highest BCUT2D eigenvalue weighted by atomic mass is 16.5. The number of fused-ring (bicyclic) bond motifs is 2. The third-order valence-corrected chi connectivity index (χ3v) is 3.75. The number of para-hydroxylation sites is 2. The van der Waals surface area contributed by atoms with Crippen molar-refractivity contribution in [3.8, 4) is 11.5 Å². The Labute approximate surface area is 133 Å². The van der Waals surface area contributed by atoms with Crippen molar-refractivity contribution in [2.24, 2.45) is 0 Å². The second-order valence-corrected chi connectivity index (χ2v) is 5.17. The van der Waals surface area contributed by atoms with Crippen molar-refractivity contribution < 1.29 is 9.53 Å². The summed E-state index contributed by atoms with van der Waals surface area (Å²) in [5.74, 6) is 1.22. The zero-order valence-electron chi connectivity index (χ0n) is 12.1. The molecule has 4 rings (SSSR count). The van der Waals surface area contributed by atoms with Gasteiger partial charge in [-0.2, -0.15) is 0 Å². The summed E-state index contributed by atoms with van der Waals surface area (Å²) in [5, 5.41) is 3.03. The van der Waals surface area contributed by atoms with E-state index in [4.69, 9.17) is 4.74 Å². The molecule has 5 nitrogen and oxygen atoms in total. The van der Waals surface area contributed by atoms with E-state index in [9.17, 15) is 4.79 Å². The number of hydrogen-bond donors (Lipinski definition) is 1. The highest BCUT2D eigenvalue weighted by molar-refractivity contribution is 5.92. The molecule has 23 heavy (non-hydrogen) atoms. The first-order chi connectivity index (χ1) is 11.3. The fourth-order valence-corrected chi connectivity index (χ4v) is 2.69. The zero-order valence-corrected chi connectivity index (χ0v) is 12.1. The number of nitrogens with one attached hydrogen (secondary N) is 1. The summed E-state index contributed by atoms with van der Waals surface area (Å²) in [6, 6.07) is 15.1. The molecule has 1 aliphatic rings. The van der Waals surface area contributed by atoms with Gasteiger partial charge in [0.05, 0.1) is 12.2 Å². The topological polar surface area (TPSA) is 64.1 Å². The van der Waals surface area contributed by atoms with E-state index in [1.165, 1.54) is 18.6 Å². The monoisotopic (exact) mass is 303 g/mol. The van der Waals surface area contributed by atoms with Crippen LogP contribution in [0.2, 0.25) is 0 Å². The lowest BCUT2D eigenvalue weighted by atomic mass is 9.94. The van der Waals surface area contributed by atoms with E-state index in [1.54, 1.807) is 0 Å². The van der Waals surface area contributed by atoms with Crippen LogP contribution in [0.15, 0.2) is 67.1 Å². The van der Waals surface area contributed by atoms with Gasteiger partial charge < -0.3 is 10.1 Å². The summed E-state index contributed by atoms with van der Waals surface area (Å²) < 4.78 is 5.92. The van der Waals surface area contributed by atoms with E-state index in [0.717, 1.165) is 22.6 Å². The summed E-state index contributed by atoms with van der Waals surface area (Å²) >= 11 is 0. The van der Waals surface area contributed by atoms with Crippen molar-refractivity contribution in [3.05, 3.63) is 83.9 Å². The second kappa shape index (κ2) is 5.53. The quantitative estimate of drug-likeness (QED) is 0.790. The number of benzene rings is 2. The van der Waals surface area contributed by atoms with Gasteiger partial charge in [-0.3, -0.25) is 9.78 Å². The predicted octanol–water partition coefficient (Wildman–Crippen LogP) is 3.10. The molecule has 3 aromatic rings. The predicted molar refractivity (Wildman–Crippen MR) is 84.3 cm³/mol. The minimum absolute atomic E-state index is 0.269. The first-order valence-corrected chi connectivity index (χ1v) is 7.25. The number of amides is 1. The van der Waals surface area contributed by atoms with Gasteiger partial charge >= 0.3 is 0 Å². The number of hydrogen-bond acceptors (Lipinski definition) is 4. The van der Waals surface area contributed by atoms with Crippen molar-refractivity contribution in [2.75, 3.05) is 0 Å². The Balaban J connectivity index is 1.74. The number of rotatable bonds is 2. The smallest absolute Gasteiger partial charge is 0.272 e. The Bertz CT molecular complexity index is 819. The molecular weight excluding hydrogens is 290 g/mol. The van der Waals surface area contributed by atoms with Crippen molar-refractivity contribution in [2.45, 2.75) is 6.04 Å². The maximum absolute atomic E-state index is 12.5. The standard InChI is InChI=1S/C18H13N3O2/c22-18(14-11-19-9-10-20-14)21-17-12-5-1-3-7-15(12)23-16-8-4-2-6-13(16)17/h1-11,17H,(H,21,22). The van der Waals surface area contributed by atoms with Crippen molar-refractivity contribution in [3.63, 3.8) is 0 Å². The van der Waals surface area contributed by atoms with E-state index in [1.807, 2.05) is 48.5 Å². The molecule has 1 amide bonds. The first kappa shape index (κ1) is 13.5. The van der Waals surface area contributed by atoms with Gasteiger partial charge in [0, 0.05) is 23.5 Å². The lowest BCUT2D eigenvalue weighted by molar-refractivity contribution is 0.0936. The average molecular weight is 303 g/mol. The number of carbonyl (C=O) groups excluding carboxylic acids is 1. The summed E-state index contributed by atoms with van der Waals surface area (Å²) in [6.07, 6.45) is 4.49. The summed E-state index contributed by atoms with van der Waals surface area (Å²) in [4.78, 5) is 20.5. The van der Waals surface area contributed by atoms with Gasteiger partial charge in [0.1, 0.15) is 17.2 Å². The van der Waals surface area contributed by atoms with Crippen molar-refractivity contribution in [1.29, 1.82) is 0 Å². The van der Waals surface area contributed by atoms with Gasteiger partial charge in [0.25, 0.3) is 5.91 Å². The number of aromatic nitrogens is 2. The molecule has 112 valence electrons. The number of ether oxygens (including phenoxy) is 1. The Morgan fingerprint density at radius 3 is 2.22 bits per heavy atom. The molecule has 2 aromatic carbocycles. The molecule has 0 radical (unpaired) electrons. The van der Waals surface area contributed by atoms with Crippen LogP contribution in [-0.2, 0) is 0 Å². The van der Waals surface area contributed by atoms with E-state index in [0.29, 0.717) is 0 Å². The fraction of sp³-hybridized carbons (Fsp3) is 0.0556. The zero-order chi connectivity index (χ0) is 15.6. The summed E-state index contributed by atoms with van der Waals surface area (Å²) in [5.41, 5.74) is 2.13. The number of carbonyl (C=O) groups is 1. The molecule has 0 saturated heterocycles. The summed E-state index contributed by atoms with van der Waals surface area (Å²) in [7, 11) is 0. The van der Waals surface area contributed by atoms with E-state index in [2.05, 4.69) is 15.3 Å². The van der Waals surface area contributed by atoms with Gasteiger partial charge in [-0.1, -0.05) is 36.4 Å². The van der Waals surface area contributed by atoms with E-state index < -0.39 is 0 Å². The molecule has 2 heterocycles. The normalized spacial score (nSPS) is 12.7. The van der Waals surface area contributed by atoms with Gasteiger partial charge in [-0.05, 0) is 12.1 Å². The molecular formula is C18H13N3O2. The Hall–Kier alpha value is -3.21. The molecule has 5 heteroatoms. The molecule has 0 bridgehead atoms. The minimum atomic E-state index is -0.286. The highest BCUT2D eigenvalue weighted by Gasteiger charge is 2.28. The molecule has 0 spiro atoms. The van der Waals surface area contributed by atoms with Crippen LogP contribution in [-0.4, -0.2) is 15.9 Å².